The number of aryl methyl sites for hydroxylation is 3. The number of carbonyl (C=O) groups excluding carboxylic acids is 3. The Hall–Kier alpha value is -4.19. The first-order chi connectivity index (χ1) is 18.2. The highest BCUT2D eigenvalue weighted by Gasteiger charge is 2.36. The van der Waals surface area contributed by atoms with Gasteiger partial charge in [-0.1, -0.05) is 48.0 Å². The Labute approximate surface area is 224 Å². The number of hydrogen-bond donors (Lipinski definition) is 1. The minimum Gasteiger partial charge on any atom is -0.463 e. The molecule has 6 heteroatoms. The molecular formula is C32H34N2O4. The molecule has 0 spiro atoms. The van der Waals surface area contributed by atoms with E-state index in [0.29, 0.717) is 23.4 Å². The molecule has 0 saturated heterocycles. The first-order valence-electron chi connectivity index (χ1n) is 12.9. The van der Waals surface area contributed by atoms with Crippen molar-refractivity contribution in [2.45, 2.75) is 53.5 Å². The van der Waals surface area contributed by atoms with Crippen LogP contribution in [-0.2, 0) is 20.9 Å². The van der Waals surface area contributed by atoms with Crippen LogP contribution in [0.4, 0.5) is 5.69 Å². The second-order valence-corrected chi connectivity index (χ2v) is 9.82. The number of esters is 1. The molecule has 4 rings (SSSR count). The summed E-state index contributed by atoms with van der Waals surface area (Å²) in [6, 6.07) is 20.9. The Bertz CT molecular complexity index is 1390. The van der Waals surface area contributed by atoms with Gasteiger partial charge in [0, 0.05) is 29.3 Å². The largest absolute Gasteiger partial charge is 0.463 e. The molecule has 0 fully saturated rings. The second-order valence-electron chi connectivity index (χ2n) is 9.82. The Morgan fingerprint density at radius 2 is 1.61 bits per heavy atom. The van der Waals surface area contributed by atoms with Gasteiger partial charge in [0.1, 0.15) is 0 Å². The van der Waals surface area contributed by atoms with E-state index in [2.05, 4.69) is 5.32 Å². The number of carbonyl (C=O) groups is 3. The lowest BCUT2D eigenvalue weighted by Crippen LogP contribution is -2.38. The van der Waals surface area contributed by atoms with Crippen molar-refractivity contribution in [2.75, 3.05) is 11.9 Å². The SMILES string of the molecule is CCOC(=O)C1=C(C)N(Cc2ccc(C(=O)Nc3ccc(C)c(C)c3)cc2)C(=O)CC1c1ccc(C)cc1. The number of allylic oxidation sites excluding steroid dienone is 1. The molecule has 0 aromatic heterocycles. The topological polar surface area (TPSA) is 75.7 Å². The summed E-state index contributed by atoms with van der Waals surface area (Å²) in [5, 5.41) is 2.93. The van der Waals surface area contributed by atoms with E-state index in [1.807, 2.05) is 75.4 Å². The van der Waals surface area contributed by atoms with Crippen LogP contribution in [0.1, 0.15) is 64.4 Å². The third-order valence-corrected chi connectivity index (χ3v) is 7.12. The standard InChI is InChI=1S/C32H34N2O4/c1-6-38-32(37)30-23(5)34(29(35)18-28(30)25-12-7-20(2)8-13-25)19-24-10-14-26(15-11-24)31(36)33-27-16-9-21(3)22(4)17-27/h7-17,28H,6,18-19H2,1-5H3,(H,33,36). The van der Waals surface area contributed by atoms with E-state index in [1.54, 1.807) is 30.9 Å². The fraction of sp³-hybridized carbons (Fsp3) is 0.281. The predicted molar refractivity (Wildman–Crippen MR) is 149 cm³/mol. The van der Waals surface area contributed by atoms with Gasteiger partial charge in [0.2, 0.25) is 5.91 Å². The molecular weight excluding hydrogens is 476 g/mol. The fourth-order valence-corrected chi connectivity index (χ4v) is 4.73. The Morgan fingerprint density at radius 1 is 0.921 bits per heavy atom. The van der Waals surface area contributed by atoms with Crippen LogP contribution < -0.4 is 5.32 Å². The smallest absolute Gasteiger partial charge is 0.336 e. The average Bonchev–Trinajstić information content (AvgIpc) is 2.89. The molecule has 1 aliphatic rings. The molecule has 1 unspecified atom stereocenters. The van der Waals surface area contributed by atoms with Crippen LogP contribution >= 0.6 is 0 Å². The monoisotopic (exact) mass is 510 g/mol. The zero-order chi connectivity index (χ0) is 27.4. The molecule has 38 heavy (non-hydrogen) atoms. The molecule has 0 bridgehead atoms. The van der Waals surface area contributed by atoms with Crippen molar-refractivity contribution in [1.82, 2.24) is 4.90 Å². The molecule has 3 aromatic rings. The number of benzene rings is 3. The van der Waals surface area contributed by atoms with Gasteiger partial charge in [-0.3, -0.25) is 9.59 Å². The fourth-order valence-electron chi connectivity index (χ4n) is 4.73. The van der Waals surface area contributed by atoms with Crippen molar-refractivity contribution in [3.63, 3.8) is 0 Å². The van der Waals surface area contributed by atoms with E-state index >= 15 is 0 Å². The van der Waals surface area contributed by atoms with Crippen molar-refractivity contribution in [1.29, 1.82) is 0 Å². The van der Waals surface area contributed by atoms with Crippen LogP contribution in [-0.4, -0.2) is 29.3 Å². The summed E-state index contributed by atoms with van der Waals surface area (Å²) in [7, 11) is 0. The quantitative estimate of drug-likeness (QED) is 0.383. The van der Waals surface area contributed by atoms with Crippen LogP contribution in [0.3, 0.4) is 0 Å². The van der Waals surface area contributed by atoms with Crippen LogP contribution in [0.15, 0.2) is 78.0 Å². The summed E-state index contributed by atoms with van der Waals surface area (Å²) >= 11 is 0. The van der Waals surface area contributed by atoms with Crippen molar-refractivity contribution in [3.05, 3.63) is 111 Å². The van der Waals surface area contributed by atoms with E-state index in [4.69, 9.17) is 4.74 Å². The zero-order valence-electron chi connectivity index (χ0n) is 22.6. The highest BCUT2D eigenvalue weighted by atomic mass is 16.5. The summed E-state index contributed by atoms with van der Waals surface area (Å²) in [6.07, 6.45) is 0.186. The maximum Gasteiger partial charge on any atom is 0.336 e. The van der Waals surface area contributed by atoms with Crippen molar-refractivity contribution in [2.24, 2.45) is 0 Å². The summed E-state index contributed by atoms with van der Waals surface area (Å²) in [5.41, 5.74) is 7.55. The number of amides is 2. The summed E-state index contributed by atoms with van der Waals surface area (Å²) in [5.74, 6) is -1.01. The predicted octanol–water partition coefficient (Wildman–Crippen LogP) is 6.22. The zero-order valence-corrected chi connectivity index (χ0v) is 22.6. The van der Waals surface area contributed by atoms with Gasteiger partial charge < -0.3 is 15.0 Å². The van der Waals surface area contributed by atoms with Gasteiger partial charge in [0.05, 0.1) is 18.7 Å². The Kier molecular flexibility index (Phi) is 8.10. The summed E-state index contributed by atoms with van der Waals surface area (Å²) in [4.78, 5) is 40.7. The van der Waals surface area contributed by atoms with Crippen LogP contribution in [0.5, 0.6) is 0 Å². The molecule has 1 heterocycles. The van der Waals surface area contributed by atoms with Crippen molar-refractivity contribution < 1.29 is 19.1 Å². The third-order valence-electron chi connectivity index (χ3n) is 7.12. The highest BCUT2D eigenvalue weighted by Crippen LogP contribution is 2.37. The number of anilines is 1. The maximum atomic E-state index is 13.3. The third kappa shape index (κ3) is 5.86. The molecule has 1 atom stereocenters. The van der Waals surface area contributed by atoms with E-state index in [1.165, 1.54) is 5.56 Å². The van der Waals surface area contributed by atoms with Gasteiger partial charge in [-0.05, 0) is 81.1 Å². The van der Waals surface area contributed by atoms with E-state index in [0.717, 1.165) is 27.9 Å². The maximum absolute atomic E-state index is 13.3. The number of ether oxygens (including phenoxy) is 1. The van der Waals surface area contributed by atoms with Gasteiger partial charge in [-0.2, -0.15) is 0 Å². The van der Waals surface area contributed by atoms with E-state index < -0.39 is 5.97 Å². The normalized spacial score (nSPS) is 15.4. The first kappa shape index (κ1) is 26.9. The van der Waals surface area contributed by atoms with E-state index in [-0.39, 0.29) is 30.8 Å². The average molecular weight is 511 g/mol. The van der Waals surface area contributed by atoms with Crippen LogP contribution in [0, 0.1) is 20.8 Å². The lowest BCUT2D eigenvalue weighted by molar-refractivity contribution is -0.140. The summed E-state index contributed by atoms with van der Waals surface area (Å²) in [6.45, 7) is 10.2. The molecule has 3 aromatic carbocycles. The van der Waals surface area contributed by atoms with E-state index in [9.17, 15) is 14.4 Å². The highest BCUT2D eigenvalue weighted by molar-refractivity contribution is 6.04. The number of rotatable bonds is 7. The van der Waals surface area contributed by atoms with Gasteiger partial charge in [-0.15, -0.1) is 0 Å². The molecule has 196 valence electrons. The Morgan fingerprint density at radius 3 is 2.24 bits per heavy atom. The minimum absolute atomic E-state index is 0.0577. The van der Waals surface area contributed by atoms with Gasteiger partial charge in [0.15, 0.2) is 0 Å². The minimum atomic E-state index is -0.397. The lowest BCUT2D eigenvalue weighted by atomic mass is 9.83. The number of hydrogen-bond acceptors (Lipinski definition) is 4. The molecule has 6 nitrogen and oxygen atoms in total. The van der Waals surface area contributed by atoms with Crippen LogP contribution in [0.25, 0.3) is 0 Å². The molecule has 0 saturated carbocycles. The molecule has 0 radical (unpaired) electrons. The molecule has 1 N–H and O–H groups in total. The van der Waals surface area contributed by atoms with Crippen molar-refractivity contribution >= 4 is 23.5 Å². The molecule has 0 aliphatic carbocycles. The summed E-state index contributed by atoms with van der Waals surface area (Å²) < 4.78 is 5.39. The second kappa shape index (κ2) is 11.5. The molecule has 2 amide bonds. The number of nitrogens with zero attached hydrogens (tertiary/aromatic N) is 1. The Balaban J connectivity index is 1.55. The lowest BCUT2D eigenvalue weighted by Gasteiger charge is -2.34. The van der Waals surface area contributed by atoms with Gasteiger partial charge in [-0.25, -0.2) is 4.79 Å². The van der Waals surface area contributed by atoms with Gasteiger partial charge >= 0.3 is 5.97 Å². The van der Waals surface area contributed by atoms with Crippen LogP contribution in [0.2, 0.25) is 0 Å². The molecule has 1 aliphatic heterocycles. The van der Waals surface area contributed by atoms with Gasteiger partial charge in [0.25, 0.3) is 5.91 Å². The number of nitrogens with one attached hydrogen (secondary N) is 1. The van der Waals surface area contributed by atoms with Crippen molar-refractivity contribution in [3.8, 4) is 0 Å². The first-order valence-corrected chi connectivity index (χ1v) is 12.9.